The van der Waals surface area contributed by atoms with Crippen molar-refractivity contribution in [2.45, 2.75) is 38.8 Å². The summed E-state index contributed by atoms with van der Waals surface area (Å²) in [7, 11) is -1.22. The second-order valence-corrected chi connectivity index (χ2v) is 4.81. The summed E-state index contributed by atoms with van der Waals surface area (Å²) in [6.07, 6.45) is 3.57. The highest BCUT2D eigenvalue weighted by molar-refractivity contribution is 6.40. The third kappa shape index (κ3) is 9.98. The van der Waals surface area contributed by atoms with Crippen LogP contribution in [-0.2, 0) is 4.46 Å². The van der Waals surface area contributed by atoms with Crippen molar-refractivity contribution in [3.63, 3.8) is 0 Å². The minimum atomic E-state index is -1.22. The smallest absolute Gasteiger partial charge is 0.273 e. The van der Waals surface area contributed by atoms with Gasteiger partial charge < -0.3 is 9.78 Å². The van der Waals surface area contributed by atoms with E-state index >= 15 is 0 Å². The first-order valence-corrected chi connectivity index (χ1v) is 6.59. The Morgan fingerprint density at radius 3 is 2.45 bits per heavy atom. The third-order valence-corrected chi connectivity index (χ3v) is 2.65. The van der Waals surface area contributed by atoms with Crippen LogP contribution in [-0.4, -0.2) is 21.8 Å². The Morgan fingerprint density at radius 1 is 1.27 bits per heavy atom. The van der Waals surface area contributed by atoms with E-state index in [1.807, 2.05) is 6.55 Å². The van der Waals surface area contributed by atoms with Gasteiger partial charge in [0.2, 0.25) is 0 Å². The van der Waals surface area contributed by atoms with Gasteiger partial charge in [0.15, 0.2) is 0 Å². The van der Waals surface area contributed by atoms with Gasteiger partial charge in [-0.1, -0.05) is 13.3 Å². The number of unbranched alkanes of at least 4 members (excludes halogenated alkanes) is 1. The Balaban J connectivity index is 2.85. The van der Waals surface area contributed by atoms with Crippen molar-refractivity contribution in [3.8, 4) is 0 Å². The summed E-state index contributed by atoms with van der Waals surface area (Å²) in [5.41, 5.74) is 0. The second kappa shape index (κ2) is 8.08. The van der Waals surface area contributed by atoms with E-state index in [0.717, 1.165) is 25.6 Å². The van der Waals surface area contributed by atoms with Crippen molar-refractivity contribution >= 4 is 8.68 Å². The Labute approximate surface area is 71.0 Å². The van der Waals surface area contributed by atoms with Gasteiger partial charge in [-0.05, 0) is 38.5 Å². The molecule has 66 valence electrons. The molecule has 3 heteroatoms. The molecule has 2 nitrogen and oxygen atoms in total. The molecule has 0 amide bonds. The summed E-state index contributed by atoms with van der Waals surface area (Å²) in [4.78, 5) is 0. The maximum Gasteiger partial charge on any atom is 0.273 e. The van der Waals surface area contributed by atoms with Crippen molar-refractivity contribution in [1.29, 1.82) is 0 Å². The lowest BCUT2D eigenvalue weighted by atomic mass is 10.3. The molecule has 0 aromatic rings. The molecule has 0 rings (SSSR count). The summed E-state index contributed by atoms with van der Waals surface area (Å²) in [6.45, 7) is 6.16. The first-order chi connectivity index (χ1) is 5.27. The predicted octanol–water partition coefficient (Wildman–Crippen LogP) is 1.82. The maximum atomic E-state index is 10.7. The quantitative estimate of drug-likeness (QED) is 0.470. The van der Waals surface area contributed by atoms with Crippen molar-refractivity contribution in [3.05, 3.63) is 0 Å². The van der Waals surface area contributed by atoms with Gasteiger partial charge in [0.05, 0.1) is 0 Å². The largest absolute Gasteiger partial charge is 0.389 e. The van der Waals surface area contributed by atoms with E-state index in [0.29, 0.717) is 0 Å². The van der Waals surface area contributed by atoms with Crippen LogP contribution in [0, 0.1) is 0 Å². The molecular weight excluding hydrogens is 154 g/mol. The molecule has 0 heterocycles. The number of hydrogen-bond acceptors (Lipinski definition) is 2. The normalized spacial score (nSPS) is 10.0. The van der Waals surface area contributed by atoms with E-state index in [9.17, 15) is 4.46 Å². The summed E-state index contributed by atoms with van der Waals surface area (Å²) in [5.74, 6) is 0. The Kier molecular flexibility index (Phi) is 8.06. The van der Waals surface area contributed by atoms with E-state index in [2.05, 4.69) is 12.2 Å². The van der Waals surface area contributed by atoms with E-state index in [4.69, 9.17) is 0 Å². The number of rotatable bonds is 7. The molecule has 0 saturated carbocycles. The highest BCUT2D eigenvalue weighted by Crippen LogP contribution is 1.89. The van der Waals surface area contributed by atoms with Crippen molar-refractivity contribution in [2.24, 2.45) is 0 Å². The fraction of sp³-hybridized carbons (Fsp3) is 1.00. The standard InChI is InChI=1S/C8H19NOSi/c1-3-4-6-9-7-5-8-11(2)10/h9H,3-8H2,1-2H3. The molecule has 0 aromatic carbocycles. The van der Waals surface area contributed by atoms with Crippen LogP contribution < -0.4 is 5.32 Å². The molecule has 1 N–H and O–H groups in total. The van der Waals surface area contributed by atoms with Gasteiger partial charge in [-0.2, -0.15) is 0 Å². The summed E-state index contributed by atoms with van der Waals surface area (Å²) >= 11 is 0. The lowest BCUT2D eigenvalue weighted by molar-refractivity contribution is 0.557. The lowest BCUT2D eigenvalue weighted by Crippen LogP contribution is -2.16. The molecule has 0 spiro atoms. The zero-order valence-corrected chi connectivity index (χ0v) is 8.65. The molecule has 0 aliphatic heterocycles. The van der Waals surface area contributed by atoms with Gasteiger partial charge in [0.1, 0.15) is 0 Å². The first-order valence-electron chi connectivity index (χ1n) is 4.47. The molecule has 0 aliphatic rings. The van der Waals surface area contributed by atoms with Gasteiger partial charge in [-0.3, -0.25) is 0 Å². The van der Waals surface area contributed by atoms with Crippen molar-refractivity contribution in [2.75, 3.05) is 13.1 Å². The molecule has 0 bridgehead atoms. The van der Waals surface area contributed by atoms with Crippen molar-refractivity contribution < 1.29 is 4.46 Å². The van der Waals surface area contributed by atoms with E-state index < -0.39 is 8.68 Å². The topological polar surface area (TPSA) is 29.1 Å². The van der Waals surface area contributed by atoms with Crippen LogP contribution in [0.2, 0.25) is 12.6 Å². The molecule has 0 fully saturated rings. The Hall–Kier alpha value is -0.0231. The SMILES string of the molecule is CCCCNCCC[Si](C)=O. The third-order valence-electron chi connectivity index (χ3n) is 1.59. The zero-order valence-electron chi connectivity index (χ0n) is 7.65. The molecule has 0 aliphatic carbocycles. The Bertz CT molecular complexity index is 106. The number of nitrogens with one attached hydrogen (secondary N) is 1. The molecule has 11 heavy (non-hydrogen) atoms. The first kappa shape index (κ1) is 11.0. The van der Waals surface area contributed by atoms with Crippen LogP contribution in [0.4, 0.5) is 0 Å². The van der Waals surface area contributed by atoms with Gasteiger partial charge in [0, 0.05) is 0 Å². The molecular formula is C8H19NOSi. The van der Waals surface area contributed by atoms with E-state index in [1.165, 1.54) is 12.8 Å². The molecule has 0 unspecified atom stereocenters. The molecule has 0 atom stereocenters. The van der Waals surface area contributed by atoms with Crippen LogP contribution in [0.3, 0.4) is 0 Å². The monoisotopic (exact) mass is 173 g/mol. The number of hydrogen-bond donors (Lipinski definition) is 1. The van der Waals surface area contributed by atoms with Gasteiger partial charge >= 0.3 is 0 Å². The fourth-order valence-corrected chi connectivity index (χ4v) is 1.56. The fourth-order valence-electron chi connectivity index (χ4n) is 0.889. The highest BCUT2D eigenvalue weighted by Gasteiger charge is 1.94. The molecule has 0 radical (unpaired) electrons. The highest BCUT2D eigenvalue weighted by atomic mass is 28.3. The van der Waals surface area contributed by atoms with E-state index in [-0.39, 0.29) is 0 Å². The van der Waals surface area contributed by atoms with Crippen LogP contribution in [0.1, 0.15) is 26.2 Å². The maximum absolute atomic E-state index is 10.7. The second-order valence-electron chi connectivity index (χ2n) is 2.91. The van der Waals surface area contributed by atoms with Gasteiger partial charge in [-0.25, -0.2) is 0 Å². The van der Waals surface area contributed by atoms with Crippen LogP contribution in [0.25, 0.3) is 0 Å². The summed E-state index contributed by atoms with van der Waals surface area (Å²) in [5, 5.41) is 3.32. The van der Waals surface area contributed by atoms with Crippen LogP contribution in [0.15, 0.2) is 0 Å². The average molecular weight is 173 g/mol. The molecule has 0 saturated heterocycles. The van der Waals surface area contributed by atoms with Crippen LogP contribution in [0.5, 0.6) is 0 Å². The summed E-state index contributed by atoms with van der Waals surface area (Å²) in [6, 6.07) is 0.907. The van der Waals surface area contributed by atoms with Gasteiger partial charge in [0.25, 0.3) is 8.68 Å². The van der Waals surface area contributed by atoms with E-state index in [1.54, 1.807) is 0 Å². The van der Waals surface area contributed by atoms with Gasteiger partial charge in [-0.15, -0.1) is 0 Å². The summed E-state index contributed by atoms with van der Waals surface area (Å²) < 4.78 is 10.7. The average Bonchev–Trinajstić information content (AvgIpc) is 1.96. The molecule has 0 aromatic heterocycles. The zero-order chi connectivity index (χ0) is 8.53. The minimum Gasteiger partial charge on any atom is -0.389 e. The lowest BCUT2D eigenvalue weighted by Gasteiger charge is -2.00. The van der Waals surface area contributed by atoms with Crippen LogP contribution >= 0.6 is 0 Å². The Morgan fingerprint density at radius 2 is 1.91 bits per heavy atom. The van der Waals surface area contributed by atoms with Crippen molar-refractivity contribution in [1.82, 2.24) is 5.32 Å². The minimum absolute atomic E-state index is 0.907. The predicted molar refractivity (Wildman–Crippen MR) is 49.5 cm³/mol.